The molecule has 1 aromatic heterocycles. The lowest BCUT2D eigenvalue weighted by molar-refractivity contribution is -0.135. The lowest BCUT2D eigenvalue weighted by Gasteiger charge is -2.41. The van der Waals surface area contributed by atoms with Gasteiger partial charge in [0, 0.05) is 24.8 Å². The molecule has 0 saturated heterocycles. The van der Waals surface area contributed by atoms with Crippen molar-refractivity contribution in [2.24, 2.45) is 11.1 Å². The number of fused-ring (bicyclic) bond motifs is 1. The van der Waals surface area contributed by atoms with Crippen molar-refractivity contribution in [3.8, 4) is 0 Å². The van der Waals surface area contributed by atoms with E-state index < -0.39 is 0 Å². The maximum atomic E-state index is 11.7. The molecule has 2 rings (SSSR count). The van der Waals surface area contributed by atoms with E-state index in [0.717, 1.165) is 21.7 Å². The van der Waals surface area contributed by atoms with Gasteiger partial charge in [0.2, 0.25) is 0 Å². The third-order valence-corrected chi connectivity index (χ3v) is 5.41. The largest absolute Gasteiger partial charge is 0.379 e. The number of carbonyl (C=O) groups excluding carboxylic acids is 2. The second-order valence-electron chi connectivity index (χ2n) is 8.71. The van der Waals surface area contributed by atoms with Gasteiger partial charge in [0.25, 0.3) is 5.91 Å². The average Bonchev–Trinajstić information content (AvgIpc) is 2.74. The van der Waals surface area contributed by atoms with Crippen molar-refractivity contribution >= 4 is 28.5 Å². The van der Waals surface area contributed by atoms with E-state index in [1.807, 2.05) is 55.5 Å². The second kappa shape index (κ2) is 7.46. The Labute approximate surface area is 155 Å². The molecule has 1 aliphatic heterocycles. The number of hydrogen-bond donors (Lipinski definition) is 2. The Morgan fingerprint density at radius 2 is 1.88 bits per heavy atom. The van der Waals surface area contributed by atoms with Crippen LogP contribution in [-0.4, -0.2) is 24.8 Å². The molecule has 0 atom stereocenters. The van der Waals surface area contributed by atoms with Gasteiger partial charge in [-0.3, -0.25) is 4.79 Å². The van der Waals surface area contributed by atoms with Gasteiger partial charge < -0.3 is 20.6 Å². The van der Waals surface area contributed by atoms with Crippen molar-refractivity contribution in [2.45, 2.75) is 72.5 Å². The predicted molar refractivity (Wildman–Crippen MR) is 104 cm³/mol. The first-order valence-electron chi connectivity index (χ1n) is 8.51. The van der Waals surface area contributed by atoms with Crippen LogP contribution in [0.25, 0.3) is 0 Å². The smallest absolute Gasteiger partial charge is 0.251 e. The zero-order chi connectivity index (χ0) is 19.6. The maximum absolute atomic E-state index is 11.7. The Kier molecular flexibility index (Phi) is 6.46. The van der Waals surface area contributed by atoms with E-state index in [-0.39, 0.29) is 22.5 Å². The number of thiophene rings is 1. The van der Waals surface area contributed by atoms with Crippen LogP contribution in [0.3, 0.4) is 0 Å². The van der Waals surface area contributed by atoms with Crippen molar-refractivity contribution < 1.29 is 14.3 Å². The molecule has 0 radical (unpaired) electrons. The quantitative estimate of drug-likeness (QED) is 0.787. The van der Waals surface area contributed by atoms with Gasteiger partial charge in [0.05, 0.1) is 16.8 Å². The van der Waals surface area contributed by atoms with Crippen LogP contribution in [0.5, 0.6) is 0 Å². The third kappa shape index (κ3) is 5.54. The van der Waals surface area contributed by atoms with E-state index >= 15 is 0 Å². The van der Waals surface area contributed by atoms with E-state index in [4.69, 9.17) is 10.5 Å². The lowest BCUT2D eigenvalue weighted by Crippen LogP contribution is -2.42. The van der Waals surface area contributed by atoms with Crippen LogP contribution in [-0.2, 0) is 21.6 Å². The highest BCUT2D eigenvalue weighted by atomic mass is 32.1. The molecular weight excluding hydrogens is 336 g/mol. The number of primary amides is 1. The number of nitrogens with two attached hydrogens (primary N) is 1. The fourth-order valence-corrected chi connectivity index (χ4v) is 4.22. The summed E-state index contributed by atoms with van der Waals surface area (Å²) < 4.78 is 6.11. The summed E-state index contributed by atoms with van der Waals surface area (Å²) in [5, 5.41) is 3.90. The molecule has 6 heteroatoms. The molecule has 0 bridgehead atoms. The monoisotopic (exact) mass is 368 g/mol. The van der Waals surface area contributed by atoms with E-state index in [1.54, 1.807) is 11.3 Å². The average molecular weight is 369 g/mol. The minimum Gasteiger partial charge on any atom is -0.379 e. The summed E-state index contributed by atoms with van der Waals surface area (Å²) in [6.07, 6.45) is 2.33. The topological polar surface area (TPSA) is 81.4 Å². The molecule has 0 spiro atoms. The highest BCUT2D eigenvalue weighted by Gasteiger charge is 2.42. The fraction of sp³-hybridized carbons (Fsp3) is 0.684. The Morgan fingerprint density at radius 3 is 2.24 bits per heavy atom. The van der Waals surface area contributed by atoms with Gasteiger partial charge in [-0.15, -0.1) is 11.3 Å². The molecule has 0 saturated carbocycles. The van der Waals surface area contributed by atoms with Crippen LogP contribution in [0.2, 0.25) is 0 Å². The van der Waals surface area contributed by atoms with E-state index in [9.17, 15) is 9.59 Å². The highest BCUT2D eigenvalue weighted by molar-refractivity contribution is 7.16. The molecule has 1 amide bonds. The first-order valence-corrected chi connectivity index (χ1v) is 9.33. The number of rotatable bonds is 3. The Balaban J connectivity index is 0.000000381. The van der Waals surface area contributed by atoms with Gasteiger partial charge in [0.1, 0.15) is 11.3 Å². The fourth-order valence-electron chi connectivity index (χ4n) is 3.01. The van der Waals surface area contributed by atoms with Gasteiger partial charge in [-0.2, -0.15) is 0 Å². The van der Waals surface area contributed by atoms with Crippen LogP contribution in [0.15, 0.2) is 0 Å². The Bertz CT molecular complexity index is 640. The van der Waals surface area contributed by atoms with Gasteiger partial charge in [0.15, 0.2) is 0 Å². The van der Waals surface area contributed by atoms with Gasteiger partial charge in [-0.05, 0) is 38.7 Å². The number of aldehydes is 1. The molecular formula is C19H32N2O3S. The molecule has 3 N–H and O–H groups in total. The number of amides is 1. The molecule has 142 valence electrons. The number of carbonyl (C=O) groups is 2. The number of nitrogens with one attached hydrogen (secondary N) is 1. The summed E-state index contributed by atoms with van der Waals surface area (Å²) in [6.45, 7) is 14.3. The highest BCUT2D eigenvalue weighted by Crippen LogP contribution is 2.47. The van der Waals surface area contributed by atoms with Crippen LogP contribution >= 0.6 is 11.3 Å². The van der Waals surface area contributed by atoms with E-state index in [0.29, 0.717) is 18.4 Å². The predicted octanol–water partition coefficient (Wildman–Crippen LogP) is 4.10. The number of hydrogen-bond acceptors (Lipinski definition) is 5. The first kappa shape index (κ1) is 21.6. The summed E-state index contributed by atoms with van der Waals surface area (Å²) in [5.41, 5.74) is 6.70. The Hall–Kier alpha value is -1.40. The zero-order valence-electron chi connectivity index (χ0n) is 16.7. The van der Waals surface area contributed by atoms with Gasteiger partial charge in [-0.25, -0.2) is 0 Å². The van der Waals surface area contributed by atoms with E-state index in [1.165, 1.54) is 0 Å². The number of anilines is 1. The van der Waals surface area contributed by atoms with E-state index in [2.05, 4.69) is 5.32 Å². The summed E-state index contributed by atoms with van der Waals surface area (Å²) in [5.74, 6) is -0.370. The molecule has 0 aromatic carbocycles. The summed E-state index contributed by atoms with van der Waals surface area (Å²) in [7, 11) is 1.81. The molecule has 2 heterocycles. The number of ether oxygens (including phenoxy) is 1. The van der Waals surface area contributed by atoms with Crippen molar-refractivity contribution in [3.63, 3.8) is 0 Å². The summed E-state index contributed by atoms with van der Waals surface area (Å²) in [6, 6.07) is 0. The molecule has 1 aromatic rings. The van der Waals surface area contributed by atoms with Gasteiger partial charge >= 0.3 is 0 Å². The summed E-state index contributed by atoms with van der Waals surface area (Å²) >= 11 is 1.56. The normalized spacial score (nSPS) is 17.8. The van der Waals surface area contributed by atoms with Crippen LogP contribution in [0.4, 0.5) is 5.00 Å². The summed E-state index contributed by atoms with van der Waals surface area (Å²) in [4.78, 5) is 22.6. The van der Waals surface area contributed by atoms with Crippen molar-refractivity contribution in [1.29, 1.82) is 0 Å². The zero-order valence-corrected chi connectivity index (χ0v) is 17.5. The SMILES string of the molecule is CC(C)(C)CC=O.CNc1sc2c(c1C(N)=O)CC(C)(C)OC2(C)C. The van der Waals surface area contributed by atoms with Crippen LogP contribution in [0.1, 0.15) is 75.7 Å². The molecule has 5 nitrogen and oxygen atoms in total. The van der Waals surface area contributed by atoms with Crippen LogP contribution < -0.4 is 11.1 Å². The third-order valence-electron chi connectivity index (χ3n) is 3.86. The first-order chi connectivity index (χ1) is 11.2. The maximum Gasteiger partial charge on any atom is 0.251 e. The van der Waals surface area contributed by atoms with Crippen LogP contribution in [0, 0.1) is 5.41 Å². The minimum atomic E-state index is -0.388. The minimum absolute atomic E-state index is 0.182. The lowest BCUT2D eigenvalue weighted by atomic mass is 9.86. The molecule has 0 aliphatic carbocycles. The molecule has 0 unspecified atom stereocenters. The van der Waals surface area contributed by atoms with Crippen molar-refractivity contribution in [3.05, 3.63) is 16.0 Å². The molecule has 1 aliphatic rings. The van der Waals surface area contributed by atoms with Crippen molar-refractivity contribution in [2.75, 3.05) is 12.4 Å². The molecule has 25 heavy (non-hydrogen) atoms. The van der Waals surface area contributed by atoms with Gasteiger partial charge in [-0.1, -0.05) is 20.8 Å². The second-order valence-corrected chi connectivity index (χ2v) is 9.73. The van der Waals surface area contributed by atoms with Crippen molar-refractivity contribution in [1.82, 2.24) is 0 Å². The standard InChI is InChI=1S/C13H20N2O2S.C6H12O/c1-12(2)6-7-8(10(14)16)11(15-5)18-9(7)13(3,4)17-12;1-6(2,3)4-5-7/h15H,6H2,1-5H3,(H2,14,16);5H,4H2,1-3H3. The Morgan fingerprint density at radius 1 is 1.32 bits per heavy atom. The molecule has 0 fully saturated rings.